The van der Waals surface area contributed by atoms with E-state index < -0.39 is 0 Å². The van der Waals surface area contributed by atoms with E-state index in [1.165, 1.54) is 30.6 Å². The number of amides is 1. The molecule has 6 heteroatoms. The second-order valence-electron chi connectivity index (χ2n) is 6.22. The predicted molar refractivity (Wildman–Crippen MR) is 90.0 cm³/mol. The first-order valence-corrected chi connectivity index (χ1v) is 9.32. The number of nitrogens with one attached hydrogen (secondary N) is 1. The Balaban J connectivity index is 1.74. The second kappa shape index (κ2) is 9.01. The normalized spacial score (nSPS) is 21.0. The molecule has 2 rings (SSSR count). The van der Waals surface area contributed by atoms with Crippen LogP contribution >= 0.6 is 11.3 Å². The Morgan fingerprint density at radius 2 is 2.17 bits per heavy atom. The number of rotatable bonds is 7. The largest absolute Gasteiger partial charge is 0.466 e. The summed E-state index contributed by atoms with van der Waals surface area (Å²) in [5.41, 5.74) is 0.707. The van der Waals surface area contributed by atoms with Crippen LogP contribution in [0.4, 0.5) is 0 Å². The highest BCUT2D eigenvalue weighted by Gasteiger charge is 2.23. The summed E-state index contributed by atoms with van der Waals surface area (Å²) in [6, 6.07) is 0. The fourth-order valence-corrected chi connectivity index (χ4v) is 3.79. The number of esters is 1. The molecule has 0 saturated heterocycles. The number of nitrogens with zero attached hydrogens (tertiary/aromatic N) is 1. The van der Waals surface area contributed by atoms with Crippen molar-refractivity contribution < 1.29 is 14.3 Å². The van der Waals surface area contributed by atoms with Crippen LogP contribution in [0.5, 0.6) is 0 Å². The first-order valence-electron chi connectivity index (χ1n) is 8.44. The summed E-state index contributed by atoms with van der Waals surface area (Å²) in [4.78, 5) is 27.9. The van der Waals surface area contributed by atoms with E-state index in [2.05, 4.69) is 17.2 Å². The standard InChI is InChI=1S/C17H26N2O3S/c1-3-22-17(21)9-14-11-23-16(19-14)10-18-15(20)8-13-7-5-4-6-12(13)2/h11-13H,3-10H2,1-2H3,(H,18,20). The highest BCUT2D eigenvalue weighted by molar-refractivity contribution is 7.09. The molecule has 2 atom stereocenters. The molecule has 1 aliphatic rings. The van der Waals surface area contributed by atoms with Gasteiger partial charge in [-0.15, -0.1) is 11.3 Å². The fourth-order valence-electron chi connectivity index (χ4n) is 3.05. The number of ether oxygens (including phenoxy) is 1. The van der Waals surface area contributed by atoms with Crippen molar-refractivity contribution in [1.29, 1.82) is 0 Å². The van der Waals surface area contributed by atoms with Gasteiger partial charge in [0.2, 0.25) is 5.91 Å². The number of carbonyl (C=O) groups excluding carboxylic acids is 2. The lowest BCUT2D eigenvalue weighted by Crippen LogP contribution is -2.28. The third-order valence-electron chi connectivity index (χ3n) is 4.40. The van der Waals surface area contributed by atoms with Crippen LogP contribution in [0, 0.1) is 11.8 Å². The quantitative estimate of drug-likeness (QED) is 0.776. The van der Waals surface area contributed by atoms with E-state index in [0.717, 1.165) is 11.4 Å². The number of hydrogen-bond acceptors (Lipinski definition) is 5. The zero-order chi connectivity index (χ0) is 16.7. The Hall–Kier alpha value is -1.43. The van der Waals surface area contributed by atoms with E-state index in [0.29, 0.717) is 37.1 Å². The van der Waals surface area contributed by atoms with E-state index in [9.17, 15) is 9.59 Å². The summed E-state index contributed by atoms with van der Waals surface area (Å²) >= 11 is 1.46. The van der Waals surface area contributed by atoms with E-state index in [-0.39, 0.29) is 18.3 Å². The molecule has 1 N–H and O–H groups in total. The zero-order valence-electron chi connectivity index (χ0n) is 14.0. The van der Waals surface area contributed by atoms with Gasteiger partial charge in [0.25, 0.3) is 0 Å². The van der Waals surface area contributed by atoms with Crippen LogP contribution in [-0.4, -0.2) is 23.5 Å². The summed E-state index contributed by atoms with van der Waals surface area (Å²) < 4.78 is 4.90. The van der Waals surface area contributed by atoms with Gasteiger partial charge in [-0.2, -0.15) is 0 Å². The first kappa shape index (κ1) is 17.9. The Morgan fingerprint density at radius 3 is 2.91 bits per heavy atom. The van der Waals surface area contributed by atoms with Crippen molar-refractivity contribution in [3.63, 3.8) is 0 Å². The maximum Gasteiger partial charge on any atom is 0.311 e. The molecule has 5 nitrogen and oxygen atoms in total. The maximum absolute atomic E-state index is 12.1. The number of thiazole rings is 1. The van der Waals surface area contributed by atoms with Crippen LogP contribution in [0.2, 0.25) is 0 Å². The molecular formula is C17H26N2O3S. The van der Waals surface area contributed by atoms with Gasteiger partial charge >= 0.3 is 5.97 Å². The summed E-state index contributed by atoms with van der Waals surface area (Å²) in [7, 11) is 0. The van der Waals surface area contributed by atoms with Gasteiger partial charge < -0.3 is 10.1 Å². The molecule has 1 aliphatic carbocycles. The maximum atomic E-state index is 12.1. The smallest absolute Gasteiger partial charge is 0.311 e. The Bertz CT molecular complexity index is 530. The highest BCUT2D eigenvalue weighted by atomic mass is 32.1. The molecule has 2 unspecified atom stereocenters. The fraction of sp³-hybridized carbons (Fsp3) is 0.706. The van der Waals surface area contributed by atoms with Crippen LogP contribution in [0.15, 0.2) is 5.38 Å². The van der Waals surface area contributed by atoms with Gasteiger partial charge in [-0.3, -0.25) is 9.59 Å². The van der Waals surface area contributed by atoms with Gasteiger partial charge in [0.1, 0.15) is 5.01 Å². The molecule has 1 fully saturated rings. The van der Waals surface area contributed by atoms with Crippen LogP contribution in [-0.2, 0) is 27.3 Å². The molecule has 0 radical (unpaired) electrons. The molecule has 23 heavy (non-hydrogen) atoms. The van der Waals surface area contributed by atoms with Crippen molar-refractivity contribution in [1.82, 2.24) is 10.3 Å². The molecule has 1 aromatic heterocycles. The summed E-state index contributed by atoms with van der Waals surface area (Å²) in [5.74, 6) is 0.996. The van der Waals surface area contributed by atoms with Crippen LogP contribution in [0.3, 0.4) is 0 Å². The van der Waals surface area contributed by atoms with E-state index in [1.807, 2.05) is 5.38 Å². The Kier molecular flexibility index (Phi) is 7.02. The van der Waals surface area contributed by atoms with Gasteiger partial charge in [-0.1, -0.05) is 26.2 Å². The van der Waals surface area contributed by atoms with Crippen molar-refractivity contribution >= 4 is 23.2 Å². The minimum Gasteiger partial charge on any atom is -0.466 e. The second-order valence-corrected chi connectivity index (χ2v) is 7.16. The average Bonchev–Trinajstić information content (AvgIpc) is 2.95. The van der Waals surface area contributed by atoms with Crippen LogP contribution in [0.25, 0.3) is 0 Å². The lowest BCUT2D eigenvalue weighted by molar-refractivity contribution is -0.142. The first-order chi connectivity index (χ1) is 11.1. The molecule has 0 aliphatic heterocycles. The topological polar surface area (TPSA) is 68.3 Å². The van der Waals surface area contributed by atoms with Gasteiger partial charge in [0.05, 0.1) is 25.3 Å². The summed E-state index contributed by atoms with van der Waals surface area (Å²) in [6.45, 7) is 4.85. The number of carbonyl (C=O) groups is 2. The minimum atomic E-state index is -0.264. The molecule has 0 bridgehead atoms. The molecule has 1 saturated carbocycles. The highest BCUT2D eigenvalue weighted by Crippen LogP contribution is 2.31. The van der Waals surface area contributed by atoms with Gasteiger partial charge in [-0.25, -0.2) is 4.98 Å². The minimum absolute atomic E-state index is 0.103. The van der Waals surface area contributed by atoms with E-state index in [4.69, 9.17) is 4.74 Å². The molecule has 1 amide bonds. The average molecular weight is 338 g/mol. The number of hydrogen-bond donors (Lipinski definition) is 1. The lowest BCUT2D eigenvalue weighted by atomic mass is 9.78. The molecule has 0 aromatic carbocycles. The molecule has 1 aromatic rings. The number of aromatic nitrogens is 1. The summed E-state index contributed by atoms with van der Waals surface area (Å²) in [5, 5.41) is 5.63. The van der Waals surface area contributed by atoms with Crippen molar-refractivity contribution in [2.24, 2.45) is 11.8 Å². The van der Waals surface area contributed by atoms with Crippen LogP contribution in [0.1, 0.15) is 56.7 Å². The van der Waals surface area contributed by atoms with Gasteiger partial charge in [0.15, 0.2) is 0 Å². The molecular weight excluding hydrogens is 312 g/mol. The third kappa shape index (κ3) is 5.94. The molecule has 128 valence electrons. The van der Waals surface area contributed by atoms with Crippen LogP contribution < -0.4 is 5.32 Å². The molecule has 0 spiro atoms. The van der Waals surface area contributed by atoms with Gasteiger partial charge in [0, 0.05) is 11.8 Å². The molecule has 1 heterocycles. The van der Waals surface area contributed by atoms with Crippen molar-refractivity contribution in [3.05, 3.63) is 16.1 Å². The monoisotopic (exact) mass is 338 g/mol. The predicted octanol–water partition coefficient (Wildman–Crippen LogP) is 3.08. The lowest BCUT2D eigenvalue weighted by Gasteiger charge is -2.28. The Morgan fingerprint density at radius 1 is 1.39 bits per heavy atom. The Labute approximate surface area is 141 Å². The van der Waals surface area contributed by atoms with E-state index >= 15 is 0 Å². The van der Waals surface area contributed by atoms with E-state index in [1.54, 1.807) is 6.92 Å². The van der Waals surface area contributed by atoms with Gasteiger partial charge in [-0.05, 0) is 25.2 Å². The van der Waals surface area contributed by atoms with Crippen molar-refractivity contribution in [2.45, 2.75) is 58.9 Å². The zero-order valence-corrected chi connectivity index (χ0v) is 14.8. The van der Waals surface area contributed by atoms with Crippen molar-refractivity contribution in [3.8, 4) is 0 Å². The summed E-state index contributed by atoms with van der Waals surface area (Å²) in [6.07, 6.45) is 5.74. The third-order valence-corrected chi connectivity index (χ3v) is 5.30. The van der Waals surface area contributed by atoms with Crippen molar-refractivity contribution in [2.75, 3.05) is 6.61 Å². The SMILES string of the molecule is CCOC(=O)Cc1csc(CNC(=O)CC2CCCCC2C)n1.